The molecule has 1 atom stereocenters. The fourth-order valence-electron chi connectivity index (χ4n) is 2.25. The maximum Gasteiger partial charge on any atom is 0.516 e. The molecule has 0 saturated carbocycles. The predicted molar refractivity (Wildman–Crippen MR) is 98.1 cm³/mol. The van der Waals surface area contributed by atoms with E-state index in [1.165, 1.54) is 14.2 Å². The lowest BCUT2D eigenvalue weighted by Crippen LogP contribution is -2.48. The second kappa shape index (κ2) is 11.3. The van der Waals surface area contributed by atoms with Gasteiger partial charge >= 0.3 is 24.2 Å². The zero-order valence-corrected chi connectivity index (χ0v) is 17.0. The summed E-state index contributed by atoms with van der Waals surface area (Å²) in [4.78, 5) is 35.0. The molecule has 30 heavy (non-hydrogen) atoms. The molecule has 0 aliphatic carbocycles. The summed E-state index contributed by atoms with van der Waals surface area (Å²) in [6.45, 7) is 3.44. The third-order valence-corrected chi connectivity index (χ3v) is 3.74. The number of benzene rings is 1. The van der Waals surface area contributed by atoms with E-state index in [9.17, 15) is 27.6 Å². The van der Waals surface area contributed by atoms with Crippen LogP contribution in [0.4, 0.5) is 18.0 Å². The maximum atomic E-state index is 12.6. The molecule has 1 rings (SSSR count). The first-order chi connectivity index (χ1) is 14.0. The summed E-state index contributed by atoms with van der Waals surface area (Å²) in [7, 11) is 2.85. The van der Waals surface area contributed by atoms with Gasteiger partial charge in [-0.3, -0.25) is 4.79 Å². The average molecular weight is 435 g/mol. The standard InChI is InChI=1S/C19H24F3NO7/c1-11(2)10-29-18(26)30-16(24)13(23-17(25)19(20,21)22)7-5-12-6-8-14(27-3)15(9-12)28-4/h6,8-9,11,13H,5,7,10H2,1-4H3,(H,23,25)/t13-/m1/s1. The number of nitrogens with one attached hydrogen (secondary N) is 1. The van der Waals surface area contributed by atoms with Gasteiger partial charge in [-0.05, 0) is 36.5 Å². The quantitative estimate of drug-likeness (QED) is 0.470. The summed E-state index contributed by atoms with van der Waals surface area (Å²) < 4.78 is 57.1. The number of amides is 1. The van der Waals surface area contributed by atoms with Crippen LogP contribution in [0.5, 0.6) is 11.5 Å². The van der Waals surface area contributed by atoms with Crippen LogP contribution in [-0.4, -0.2) is 51.1 Å². The molecule has 0 spiro atoms. The molecule has 0 aliphatic rings. The number of rotatable bonds is 9. The lowest BCUT2D eigenvalue weighted by Gasteiger charge is -2.18. The number of hydrogen-bond acceptors (Lipinski definition) is 7. The number of ether oxygens (including phenoxy) is 4. The minimum absolute atomic E-state index is 0.0431. The zero-order chi connectivity index (χ0) is 22.9. The molecule has 11 heteroatoms. The Kier molecular flexibility index (Phi) is 9.41. The van der Waals surface area contributed by atoms with Crippen LogP contribution < -0.4 is 14.8 Å². The lowest BCUT2D eigenvalue weighted by atomic mass is 10.0. The van der Waals surface area contributed by atoms with E-state index in [0.29, 0.717) is 17.1 Å². The third-order valence-electron chi connectivity index (χ3n) is 3.74. The van der Waals surface area contributed by atoms with Crippen molar-refractivity contribution < 1.29 is 46.5 Å². The van der Waals surface area contributed by atoms with Crippen molar-refractivity contribution in [2.45, 2.75) is 38.9 Å². The van der Waals surface area contributed by atoms with E-state index in [1.54, 1.807) is 37.4 Å². The van der Waals surface area contributed by atoms with Gasteiger partial charge < -0.3 is 24.3 Å². The van der Waals surface area contributed by atoms with Crippen LogP contribution in [0.15, 0.2) is 18.2 Å². The first kappa shape index (κ1) is 25.1. The fraction of sp³-hybridized carbons (Fsp3) is 0.526. The van der Waals surface area contributed by atoms with E-state index in [2.05, 4.69) is 9.47 Å². The Morgan fingerprint density at radius 2 is 1.70 bits per heavy atom. The van der Waals surface area contributed by atoms with Crippen LogP contribution in [0.1, 0.15) is 25.8 Å². The van der Waals surface area contributed by atoms with Crippen molar-refractivity contribution in [1.82, 2.24) is 5.32 Å². The number of alkyl halides is 3. The monoisotopic (exact) mass is 435 g/mol. The van der Waals surface area contributed by atoms with Crippen LogP contribution in [0, 0.1) is 5.92 Å². The molecule has 0 radical (unpaired) electrons. The van der Waals surface area contributed by atoms with Gasteiger partial charge in [0.15, 0.2) is 11.5 Å². The largest absolute Gasteiger partial charge is 0.516 e. The first-order valence-electron chi connectivity index (χ1n) is 8.95. The van der Waals surface area contributed by atoms with E-state index in [1.807, 2.05) is 0 Å². The van der Waals surface area contributed by atoms with E-state index in [-0.39, 0.29) is 25.4 Å². The molecule has 0 saturated heterocycles. The van der Waals surface area contributed by atoms with E-state index in [4.69, 9.17) is 9.47 Å². The smallest absolute Gasteiger partial charge is 0.493 e. The summed E-state index contributed by atoms with van der Waals surface area (Å²) in [5.74, 6) is -2.91. The molecule has 0 unspecified atom stereocenters. The first-order valence-corrected chi connectivity index (χ1v) is 8.95. The Morgan fingerprint density at radius 3 is 2.23 bits per heavy atom. The highest BCUT2D eigenvalue weighted by Crippen LogP contribution is 2.28. The molecule has 1 aromatic carbocycles. The van der Waals surface area contributed by atoms with Gasteiger partial charge in [0.1, 0.15) is 6.04 Å². The third kappa shape index (κ3) is 8.18. The van der Waals surface area contributed by atoms with Crippen molar-refractivity contribution in [3.05, 3.63) is 23.8 Å². The van der Waals surface area contributed by atoms with Gasteiger partial charge in [-0.15, -0.1) is 0 Å². The Labute approximate surface area is 171 Å². The summed E-state index contributed by atoms with van der Waals surface area (Å²) in [5.41, 5.74) is 0.592. The number of carbonyl (C=O) groups is 3. The number of esters is 1. The van der Waals surface area contributed by atoms with Gasteiger partial charge in [0.2, 0.25) is 0 Å². The van der Waals surface area contributed by atoms with Gasteiger partial charge in [0.05, 0.1) is 20.8 Å². The predicted octanol–water partition coefficient (Wildman–Crippen LogP) is 3.02. The van der Waals surface area contributed by atoms with Crippen molar-refractivity contribution in [2.75, 3.05) is 20.8 Å². The highest BCUT2D eigenvalue weighted by molar-refractivity contribution is 5.91. The van der Waals surface area contributed by atoms with Crippen molar-refractivity contribution in [3.8, 4) is 11.5 Å². The van der Waals surface area contributed by atoms with Gasteiger partial charge in [0, 0.05) is 0 Å². The Balaban J connectivity index is 2.89. The molecule has 8 nitrogen and oxygen atoms in total. The van der Waals surface area contributed by atoms with E-state index >= 15 is 0 Å². The van der Waals surface area contributed by atoms with Gasteiger partial charge in [-0.25, -0.2) is 9.59 Å². The Morgan fingerprint density at radius 1 is 1.07 bits per heavy atom. The van der Waals surface area contributed by atoms with Gasteiger partial charge in [0.25, 0.3) is 0 Å². The average Bonchev–Trinajstić information content (AvgIpc) is 2.68. The fourth-order valence-corrected chi connectivity index (χ4v) is 2.25. The highest BCUT2D eigenvalue weighted by Gasteiger charge is 2.41. The second-order valence-corrected chi connectivity index (χ2v) is 6.63. The lowest BCUT2D eigenvalue weighted by molar-refractivity contribution is -0.175. The van der Waals surface area contributed by atoms with Crippen molar-refractivity contribution >= 4 is 18.0 Å². The van der Waals surface area contributed by atoms with Crippen molar-refractivity contribution in [3.63, 3.8) is 0 Å². The molecule has 1 N–H and O–H groups in total. The SMILES string of the molecule is COc1ccc(CC[C@@H](NC(=O)C(F)(F)F)C(=O)OC(=O)OCC(C)C)cc1OC. The Bertz CT molecular complexity index is 750. The molecule has 1 amide bonds. The number of halogens is 3. The molecular weight excluding hydrogens is 411 g/mol. The van der Waals surface area contributed by atoms with Crippen LogP contribution >= 0.6 is 0 Å². The van der Waals surface area contributed by atoms with Crippen LogP contribution in [0.3, 0.4) is 0 Å². The van der Waals surface area contributed by atoms with Gasteiger partial charge in [-0.2, -0.15) is 13.2 Å². The minimum atomic E-state index is -5.21. The maximum absolute atomic E-state index is 12.6. The second-order valence-electron chi connectivity index (χ2n) is 6.63. The van der Waals surface area contributed by atoms with Crippen LogP contribution in [0.2, 0.25) is 0 Å². The number of aryl methyl sites for hydroxylation is 1. The zero-order valence-electron chi connectivity index (χ0n) is 17.0. The molecule has 0 aliphatic heterocycles. The highest BCUT2D eigenvalue weighted by atomic mass is 19.4. The van der Waals surface area contributed by atoms with Crippen molar-refractivity contribution in [1.29, 1.82) is 0 Å². The van der Waals surface area contributed by atoms with E-state index in [0.717, 1.165) is 0 Å². The molecule has 0 bridgehead atoms. The van der Waals surface area contributed by atoms with Crippen molar-refractivity contribution in [2.24, 2.45) is 5.92 Å². The topological polar surface area (TPSA) is 100 Å². The summed E-state index contributed by atoms with van der Waals surface area (Å²) in [6, 6.07) is 3.05. The number of carbonyl (C=O) groups excluding carboxylic acids is 3. The number of methoxy groups -OCH3 is 2. The van der Waals surface area contributed by atoms with E-state index < -0.39 is 30.2 Å². The molecular formula is C19H24F3NO7. The Hall–Kier alpha value is -2.98. The molecule has 0 fully saturated rings. The number of hydrogen-bond donors (Lipinski definition) is 1. The molecule has 168 valence electrons. The molecule has 0 aromatic heterocycles. The normalized spacial score (nSPS) is 12.1. The van der Waals surface area contributed by atoms with Crippen LogP contribution in [-0.2, 0) is 25.5 Å². The van der Waals surface area contributed by atoms with Crippen LogP contribution in [0.25, 0.3) is 0 Å². The molecule has 1 aromatic rings. The summed E-state index contributed by atoms with van der Waals surface area (Å²) in [5, 5.41) is 1.55. The molecule has 0 heterocycles. The summed E-state index contributed by atoms with van der Waals surface area (Å²) >= 11 is 0. The summed E-state index contributed by atoms with van der Waals surface area (Å²) in [6.07, 6.45) is -6.77. The minimum Gasteiger partial charge on any atom is -0.493 e. The van der Waals surface area contributed by atoms with Gasteiger partial charge in [-0.1, -0.05) is 19.9 Å².